The summed E-state index contributed by atoms with van der Waals surface area (Å²) in [4.78, 5) is 13.0. The quantitative estimate of drug-likeness (QED) is 0.839. The van der Waals surface area contributed by atoms with E-state index in [2.05, 4.69) is 37.0 Å². The van der Waals surface area contributed by atoms with Gasteiger partial charge in [-0.1, -0.05) is 0 Å². The van der Waals surface area contributed by atoms with Crippen LogP contribution in [-0.2, 0) is 0 Å². The molecule has 0 aromatic carbocycles. The van der Waals surface area contributed by atoms with E-state index in [0.29, 0.717) is 6.04 Å². The first-order valence-corrected chi connectivity index (χ1v) is 6.86. The molecular weight excluding hydrogens is 252 g/mol. The Balaban J connectivity index is 1.72. The predicted molar refractivity (Wildman–Crippen MR) is 77.7 cm³/mol. The summed E-state index contributed by atoms with van der Waals surface area (Å²) in [5.74, 6) is 1.86. The van der Waals surface area contributed by atoms with Crippen molar-refractivity contribution < 1.29 is 0 Å². The van der Waals surface area contributed by atoms with Crippen LogP contribution in [0.25, 0.3) is 0 Å². The molecule has 1 atom stereocenters. The molecule has 0 N–H and O–H groups in total. The lowest BCUT2D eigenvalue weighted by molar-refractivity contribution is 0.482. The first-order chi connectivity index (χ1) is 9.84. The molecule has 3 rings (SSSR count). The number of aromatic nitrogens is 4. The zero-order chi connectivity index (χ0) is 13.8. The minimum absolute atomic E-state index is 0.419. The summed E-state index contributed by atoms with van der Waals surface area (Å²) >= 11 is 0. The lowest BCUT2D eigenvalue weighted by Gasteiger charge is -2.38. The molecule has 104 valence electrons. The fourth-order valence-electron chi connectivity index (χ4n) is 2.60. The first kappa shape index (κ1) is 12.8. The molecule has 1 unspecified atom stereocenters. The van der Waals surface area contributed by atoms with Crippen LogP contribution in [0.5, 0.6) is 0 Å². The van der Waals surface area contributed by atoms with E-state index in [1.807, 2.05) is 12.1 Å². The van der Waals surface area contributed by atoms with Crippen LogP contribution in [-0.4, -0.2) is 46.3 Å². The zero-order valence-electron chi connectivity index (χ0n) is 11.6. The Labute approximate surface area is 118 Å². The molecule has 0 bridgehead atoms. The lowest BCUT2D eigenvalue weighted by Crippen LogP contribution is -2.47. The SMILES string of the molecule is CN(c1cnccn1)C1CCCN(c2cccnn2)C1. The van der Waals surface area contributed by atoms with Crippen LogP contribution in [0.1, 0.15) is 12.8 Å². The van der Waals surface area contributed by atoms with Gasteiger partial charge in [-0.25, -0.2) is 4.98 Å². The average molecular weight is 270 g/mol. The molecule has 0 amide bonds. The second-order valence-corrected chi connectivity index (χ2v) is 5.00. The van der Waals surface area contributed by atoms with Crippen molar-refractivity contribution in [1.29, 1.82) is 0 Å². The molecule has 1 aliphatic rings. The molecule has 1 aliphatic heterocycles. The predicted octanol–water partition coefficient (Wildman–Crippen LogP) is 1.37. The minimum atomic E-state index is 0.419. The number of anilines is 2. The topological polar surface area (TPSA) is 58.0 Å². The van der Waals surface area contributed by atoms with Gasteiger partial charge in [0.15, 0.2) is 5.82 Å². The Morgan fingerprint density at radius 3 is 3.00 bits per heavy atom. The van der Waals surface area contributed by atoms with Gasteiger partial charge in [-0.2, -0.15) is 5.10 Å². The van der Waals surface area contributed by atoms with Crippen molar-refractivity contribution >= 4 is 11.6 Å². The second kappa shape index (κ2) is 5.81. The Hall–Kier alpha value is -2.24. The van der Waals surface area contributed by atoms with Crippen LogP contribution in [0.15, 0.2) is 36.9 Å². The molecule has 3 heterocycles. The van der Waals surface area contributed by atoms with E-state index in [1.54, 1.807) is 24.8 Å². The van der Waals surface area contributed by atoms with Crippen molar-refractivity contribution in [3.05, 3.63) is 36.9 Å². The standard InChI is InChI=1S/C14H18N6/c1-19(14-10-15-7-8-16-14)12-4-3-9-20(11-12)13-5-2-6-17-18-13/h2,5-8,10,12H,3-4,9,11H2,1H3. The van der Waals surface area contributed by atoms with Crippen LogP contribution >= 0.6 is 0 Å². The summed E-state index contributed by atoms with van der Waals surface area (Å²) in [6, 6.07) is 4.36. The van der Waals surface area contributed by atoms with E-state index in [-0.39, 0.29) is 0 Å². The van der Waals surface area contributed by atoms with Crippen LogP contribution < -0.4 is 9.80 Å². The van der Waals surface area contributed by atoms with Crippen molar-refractivity contribution in [2.45, 2.75) is 18.9 Å². The van der Waals surface area contributed by atoms with Crippen LogP contribution in [0.2, 0.25) is 0 Å². The van der Waals surface area contributed by atoms with Gasteiger partial charge in [-0.15, -0.1) is 5.10 Å². The molecule has 0 spiro atoms. The number of hydrogen-bond acceptors (Lipinski definition) is 6. The van der Waals surface area contributed by atoms with Gasteiger partial charge in [-0.05, 0) is 25.0 Å². The average Bonchev–Trinajstić information content (AvgIpc) is 2.56. The smallest absolute Gasteiger partial charge is 0.151 e. The van der Waals surface area contributed by atoms with Crippen LogP contribution in [0, 0.1) is 0 Å². The largest absolute Gasteiger partial charge is 0.354 e. The third-order valence-electron chi connectivity index (χ3n) is 3.74. The lowest BCUT2D eigenvalue weighted by atomic mass is 10.0. The van der Waals surface area contributed by atoms with Gasteiger partial charge in [0.2, 0.25) is 0 Å². The van der Waals surface area contributed by atoms with E-state index in [9.17, 15) is 0 Å². The molecule has 0 aliphatic carbocycles. The van der Waals surface area contributed by atoms with Crippen molar-refractivity contribution in [1.82, 2.24) is 20.2 Å². The molecule has 1 fully saturated rings. The highest BCUT2D eigenvalue weighted by molar-refractivity contribution is 5.41. The summed E-state index contributed by atoms with van der Waals surface area (Å²) in [5.41, 5.74) is 0. The van der Waals surface area contributed by atoms with E-state index in [4.69, 9.17) is 0 Å². The number of rotatable bonds is 3. The van der Waals surface area contributed by atoms with Crippen molar-refractivity contribution in [3.8, 4) is 0 Å². The van der Waals surface area contributed by atoms with Crippen molar-refractivity contribution in [2.24, 2.45) is 0 Å². The molecular formula is C14H18N6. The molecule has 0 saturated carbocycles. The number of piperidine rings is 1. The Bertz CT molecular complexity index is 494. The Morgan fingerprint density at radius 2 is 2.25 bits per heavy atom. The molecule has 6 nitrogen and oxygen atoms in total. The maximum Gasteiger partial charge on any atom is 0.151 e. The number of nitrogens with zero attached hydrogens (tertiary/aromatic N) is 6. The van der Waals surface area contributed by atoms with Gasteiger partial charge in [0, 0.05) is 44.8 Å². The molecule has 20 heavy (non-hydrogen) atoms. The summed E-state index contributed by atoms with van der Waals surface area (Å²) in [7, 11) is 2.08. The normalized spacial score (nSPS) is 18.9. The third-order valence-corrected chi connectivity index (χ3v) is 3.74. The van der Waals surface area contributed by atoms with E-state index in [1.165, 1.54) is 0 Å². The van der Waals surface area contributed by atoms with Gasteiger partial charge in [0.25, 0.3) is 0 Å². The maximum atomic E-state index is 4.37. The fourth-order valence-corrected chi connectivity index (χ4v) is 2.60. The highest BCUT2D eigenvalue weighted by atomic mass is 15.3. The minimum Gasteiger partial charge on any atom is -0.354 e. The third kappa shape index (κ3) is 2.68. The Morgan fingerprint density at radius 1 is 1.30 bits per heavy atom. The Kier molecular flexibility index (Phi) is 3.71. The summed E-state index contributed by atoms with van der Waals surface area (Å²) in [6.45, 7) is 1.97. The van der Waals surface area contributed by atoms with Crippen molar-refractivity contribution in [2.75, 3.05) is 29.9 Å². The monoisotopic (exact) mass is 270 g/mol. The molecule has 0 radical (unpaired) electrons. The van der Waals surface area contributed by atoms with Crippen molar-refractivity contribution in [3.63, 3.8) is 0 Å². The molecule has 6 heteroatoms. The molecule has 2 aromatic rings. The zero-order valence-corrected chi connectivity index (χ0v) is 11.6. The maximum absolute atomic E-state index is 4.37. The van der Waals surface area contributed by atoms with Gasteiger partial charge < -0.3 is 9.80 Å². The number of likely N-dealkylation sites (N-methyl/N-ethyl adjacent to an activating group) is 1. The van der Waals surface area contributed by atoms with Gasteiger partial charge in [-0.3, -0.25) is 4.98 Å². The molecule has 1 saturated heterocycles. The number of hydrogen-bond donors (Lipinski definition) is 0. The highest BCUT2D eigenvalue weighted by Gasteiger charge is 2.24. The highest BCUT2D eigenvalue weighted by Crippen LogP contribution is 2.22. The van der Waals surface area contributed by atoms with Gasteiger partial charge >= 0.3 is 0 Å². The second-order valence-electron chi connectivity index (χ2n) is 5.00. The van der Waals surface area contributed by atoms with Crippen LogP contribution in [0.3, 0.4) is 0 Å². The van der Waals surface area contributed by atoms with Crippen LogP contribution in [0.4, 0.5) is 11.6 Å². The fraction of sp³-hybridized carbons (Fsp3) is 0.429. The first-order valence-electron chi connectivity index (χ1n) is 6.86. The van der Waals surface area contributed by atoms with Gasteiger partial charge in [0.05, 0.1) is 6.20 Å². The van der Waals surface area contributed by atoms with Gasteiger partial charge in [0.1, 0.15) is 5.82 Å². The summed E-state index contributed by atoms with van der Waals surface area (Å²) < 4.78 is 0. The van der Waals surface area contributed by atoms with E-state index >= 15 is 0 Å². The summed E-state index contributed by atoms with van der Waals surface area (Å²) in [6.07, 6.45) is 9.24. The summed E-state index contributed by atoms with van der Waals surface area (Å²) in [5, 5.41) is 8.16. The van der Waals surface area contributed by atoms with E-state index < -0.39 is 0 Å². The molecule has 2 aromatic heterocycles. The van der Waals surface area contributed by atoms with E-state index in [0.717, 1.165) is 37.6 Å².